The number of ether oxygens (including phenoxy) is 2. The van der Waals surface area contributed by atoms with Crippen molar-refractivity contribution >= 4 is 27.5 Å². The molecule has 0 aliphatic carbocycles. The molecule has 210 valence electrons. The molecule has 3 aromatic rings. The predicted octanol–water partition coefficient (Wildman–Crippen LogP) is 3.51. The lowest BCUT2D eigenvalue weighted by molar-refractivity contribution is -0.129. The summed E-state index contributed by atoms with van der Waals surface area (Å²) < 4.78 is 40.0. The standard InChI is InChI=1S/C30H33N3O6S/c1-21-14-15-26(38-2)28(17-21)40(36,37)32-16-8-11-23(19-32)30(35)33-20-27(39-25-13-7-6-12-24(25)33)29(34)31-18-22-9-4-3-5-10-22/h3-7,9-10,12-15,17,23,27H,8,11,16,18-20H2,1-2H3,(H,31,34)/t23-,27+/m1/s1. The minimum Gasteiger partial charge on any atom is -0.495 e. The third-order valence-corrected chi connectivity index (χ3v) is 9.20. The number of carbonyl (C=O) groups excluding carboxylic acids is 2. The first-order valence-electron chi connectivity index (χ1n) is 13.3. The number of hydrogen-bond acceptors (Lipinski definition) is 6. The van der Waals surface area contributed by atoms with Gasteiger partial charge in [0.15, 0.2) is 6.10 Å². The number of sulfonamides is 1. The van der Waals surface area contributed by atoms with Crippen molar-refractivity contribution < 1.29 is 27.5 Å². The van der Waals surface area contributed by atoms with Gasteiger partial charge >= 0.3 is 0 Å². The Labute approximate surface area is 234 Å². The zero-order valence-corrected chi connectivity index (χ0v) is 23.4. The van der Waals surface area contributed by atoms with Gasteiger partial charge in [0.1, 0.15) is 16.4 Å². The van der Waals surface area contributed by atoms with E-state index in [1.807, 2.05) is 37.3 Å². The van der Waals surface area contributed by atoms with Crippen LogP contribution in [-0.4, -0.2) is 57.4 Å². The highest BCUT2D eigenvalue weighted by molar-refractivity contribution is 7.89. The van der Waals surface area contributed by atoms with Gasteiger partial charge in [0.2, 0.25) is 15.9 Å². The van der Waals surface area contributed by atoms with E-state index in [1.54, 1.807) is 47.4 Å². The van der Waals surface area contributed by atoms with E-state index < -0.39 is 22.0 Å². The Morgan fingerprint density at radius 3 is 2.55 bits per heavy atom. The molecule has 5 rings (SSSR count). The zero-order valence-electron chi connectivity index (χ0n) is 22.6. The lowest BCUT2D eigenvalue weighted by Crippen LogP contribution is -2.53. The van der Waals surface area contributed by atoms with Gasteiger partial charge in [0, 0.05) is 19.6 Å². The number of benzene rings is 3. The second kappa shape index (κ2) is 11.7. The van der Waals surface area contributed by atoms with Crippen LogP contribution in [0.25, 0.3) is 0 Å². The monoisotopic (exact) mass is 563 g/mol. The van der Waals surface area contributed by atoms with Crippen molar-refractivity contribution in [1.29, 1.82) is 0 Å². The average Bonchev–Trinajstić information content (AvgIpc) is 2.99. The summed E-state index contributed by atoms with van der Waals surface area (Å²) in [5.74, 6) is -0.418. The molecule has 3 aromatic carbocycles. The molecule has 1 fully saturated rings. The maximum absolute atomic E-state index is 13.9. The van der Waals surface area contributed by atoms with Crippen molar-refractivity contribution in [3.63, 3.8) is 0 Å². The summed E-state index contributed by atoms with van der Waals surface area (Å²) in [5, 5.41) is 2.90. The molecule has 40 heavy (non-hydrogen) atoms. The lowest BCUT2D eigenvalue weighted by atomic mass is 9.97. The number of amides is 2. The van der Waals surface area contributed by atoms with Gasteiger partial charge in [-0.2, -0.15) is 4.31 Å². The first-order chi connectivity index (χ1) is 19.3. The van der Waals surface area contributed by atoms with Gasteiger partial charge in [-0.05, 0) is 55.2 Å². The molecule has 10 heteroatoms. The van der Waals surface area contributed by atoms with E-state index in [9.17, 15) is 18.0 Å². The SMILES string of the molecule is COc1ccc(C)cc1S(=O)(=O)N1CCC[C@@H](C(=O)N2C[C@@H](C(=O)NCc3ccccc3)Oc3ccccc32)C1. The van der Waals surface area contributed by atoms with Gasteiger partial charge in [-0.25, -0.2) is 8.42 Å². The van der Waals surface area contributed by atoms with Crippen molar-refractivity contribution in [2.45, 2.75) is 37.3 Å². The first kappa shape index (κ1) is 27.7. The Morgan fingerprint density at radius 1 is 1.02 bits per heavy atom. The van der Waals surface area contributed by atoms with Crippen LogP contribution < -0.4 is 19.7 Å². The van der Waals surface area contributed by atoms with E-state index in [0.29, 0.717) is 37.4 Å². The average molecular weight is 564 g/mol. The number of nitrogens with one attached hydrogen (secondary N) is 1. The van der Waals surface area contributed by atoms with Crippen molar-refractivity contribution in [1.82, 2.24) is 9.62 Å². The van der Waals surface area contributed by atoms with Crippen LogP contribution in [-0.2, 0) is 26.2 Å². The van der Waals surface area contributed by atoms with Gasteiger partial charge in [-0.1, -0.05) is 48.5 Å². The van der Waals surface area contributed by atoms with E-state index in [1.165, 1.54) is 11.4 Å². The van der Waals surface area contributed by atoms with Gasteiger partial charge < -0.3 is 19.7 Å². The highest BCUT2D eigenvalue weighted by Crippen LogP contribution is 2.36. The third-order valence-electron chi connectivity index (χ3n) is 7.31. The number of fused-ring (bicyclic) bond motifs is 1. The smallest absolute Gasteiger partial charge is 0.263 e. The van der Waals surface area contributed by atoms with Crippen LogP contribution in [0.3, 0.4) is 0 Å². The second-order valence-electron chi connectivity index (χ2n) is 10.1. The number of aryl methyl sites for hydroxylation is 1. The maximum atomic E-state index is 13.9. The highest BCUT2D eigenvalue weighted by atomic mass is 32.2. The number of carbonyl (C=O) groups is 2. The summed E-state index contributed by atoms with van der Waals surface area (Å²) in [6, 6.07) is 21.7. The molecule has 0 unspecified atom stereocenters. The Kier molecular flexibility index (Phi) is 8.09. The fraction of sp³-hybridized carbons (Fsp3) is 0.333. The molecule has 2 aliphatic rings. The number of rotatable bonds is 7. The van der Waals surface area contributed by atoms with Gasteiger partial charge in [0.05, 0.1) is 25.3 Å². The predicted molar refractivity (Wildman–Crippen MR) is 151 cm³/mol. The van der Waals surface area contributed by atoms with Crippen LogP contribution in [0.4, 0.5) is 5.69 Å². The quantitative estimate of drug-likeness (QED) is 0.472. The molecule has 0 spiro atoms. The van der Waals surface area contributed by atoms with E-state index in [2.05, 4.69) is 5.32 Å². The number of anilines is 1. The van der Waals surface area contributed by atoms with Crippen LogP contribution in [0.2, 0.25) is 0 Å². The molecule has 0 radical (unpaired) electrons. The Hall–Kier alpha value is -3.89. The fourth-order valence-electron chi connectivity index (χ4n) is 5.19. The van der Waals surface area contributed by atoms with Crippen LogP contribution >= 0.6 is 0 Å². The molecular formula is C30H33N3O6S. The molecule has 1 N–H and O–H groups in total. The van der Waals surface area contributed by atoms with Crippen molar-refractivity contribution in [2.24, 2.45) is 5.92 Å². The van der Waals surface area contributed by atoms with Crippen LogP contribution in [0.5, 0.6) is 11.5 Å². The Balaban J connectivity index is 1.35. The minimum atomic E-state index is -3.89. The molecular weight excluding hydrogens is 530 g/mol. The zero-order chi connectivity index (χ0) is 28.3. The third kappa shape index (κ3) is 5.68. The number of para-hydroxylation sites is 2. The summed E-state index contributed by atoms with van der Waals surface area (Å²) in [6.07, 6.45) is 0.180. The Morgan fingerprint density at radius 2 is 1.77 bits per heavy atom. The normalized spacial score (nSPS) is 19.3. The van der Waals surface area contributed by atoms with Crippen molar-refractivity contribution in [3.8, 4) is 11.5 Å². The highest BCUT2D eigenvalue weighted by Gasteiger charge is 2.40. The van der Waals surface area contributed by atoms with Crippen LogP contribution in [0.1, 0.15) is 24.0 Å². The second-order valence-corrected chi connectivity index (χ2v) is 12.0. The molecule has 2 heterocycles. The van der Waals surface area contributed by atoms with Crippen molar-refractivity contribution in [2.75, 3.05) is 31.6 Å². The number of piperidine rings is 1. The topological polar surface area (TPSA) is 105 Å². The number of hydrogen-bond donors (Lipinski definition) is 1. The molecule has 0 saturated carbocycles. The van der Waals surface area contributed by atoms with Crippen LogP contribution in [0.15, 0.2) is 77.7 Å². The maximum Gasteiger partial charge on any atom is 0.263 e. The van der Waals surface area contributed by atoms with E-state index in [-0.39, 0.29) is 35.5 Å². The summed E-state index contributed by atoms with van der Waals surface area (Å²) in [5.41, 5.74) is 2.32. The van der Waals surface area contributed by atoms with Gasteiger partial charge in [-0.15, -0.1) is 0 Å². The Bertz CT molecular complexity index is 1490. The van der Waals surface area contributed by atoms with Gasteiger partial charge in [0.25, 0.3) is 5.91 Å². The fourth-order valence-corrected chi connectivity index (χ4v) is 6.95. The first-order valence-corrected chi connectivity index (χ1v) is 14.8. The molecule has 2 atom stereocenters. The molecule has 0 bridgehead atoms. The summed E-state index contributed by atoms with van der Waals surface area (Å²) >= 11 is 0. The summed E-state index contributed by atoms with van der Waals surface area (Å²) in [6.45, 7) is 2.55. The molecule has 1 saturated heterocycles. The van der Waals surface area contributed by atoms with E-state index >= 15 is 0 Å². The molecule has 9 nitrogen and oxygen atoms in total. The van der Waals surface area contributed by atoms with Crippen molar-refractivity contribution in [3.05, 3.63) is 83.9 Å². The van der Waals surface area contributed by atoms with E-state index in [4.69, 9.17) is 9.47 Å². The van der Waals surface area contributed by atoms with Gasteiger partial charge in [-0.3, -0.25) is 9.59 Å². The minimum absolute atomic E-state index is 0.0332. The molecule has 0 aromatic heterocycles. The number of nitrogens with zero attached hydrogens (tertiary/aromatic N) is 2. The lowest BCUT2D eigenvalue weighted by Gasteiger charge is -2.38. The van der Waals surface area contributed by atoms with Crippen LogP contribution in [0, 0.1) is 12.8 Å². The largest absolute Gasteiger partial charge is 0.495 e. The molecule has 2 aliphatic heterocycles. The van der Waals surface area contributed by atoms with E-state index in [0.717, 1.165) is 11.1 Å². The number of methoxy groups -OCH3 is 1. The summed E-state index contributed by atoms with van der Waals surface area (Å²) in [4.78, 5) is 28.7. The molecule has 2 amide bonds. The summed E-state index contributed by atoms with van der Waals surface area (Å²) in [7, 11) is -2.46.